The number of hydrogen-bond donors (Lipinski definition) is 2. The van der Waals surface area contributed by atoms with Crippen molar-refractivity contribution in [2.45, 2.75) is 65.0 Å². The zero-order chi connectivity index (χ0) is 14.6. The highest BCUT2D eigenvalue weighted by molar-refractivity contribution is 5.28. The Balaban J connectivity index is 2.27. The quantitative estimate of drug-likeness (QED) is 0.618. The number of nitrogens with zero attached hydrogens (tertiary/aromatic N) is 1. The molecule has 1 aromatic heterocycles. The molecule has 1 atom stereocenters. The number of aromatic nitrogens is 1. The average molecular weight is 277 g/mol. The molecule has 3 N–H and O–H groups in total. The van der Waals surface area contributed by atoms with Gasteiger partial charge in [0.1, 0.15) is 5.75 Å². The highest BCUT2D eigenvalue weighted by Crippen LogP contribution is 2.49. The van der Waals surface area contributed by atoms with Gasteiger partial charge in [-0.3, -0.25) is 16.3 Å². The molecular weight excluding hydrogens is 250 g/mol. The molecule has 112 valence electrons. The minimum absolute atomic E-state index is 0.151. The largest absolute Gasteiger partial charge is 0.489 e. The Labute approximate surface area is 122 Å². The van der Waals surface area contributed by atoms with Crippen molar-refractivity contribution in [3.63, 3.8) is 0 Å². The van der Waals surface area contributed by atoms with E-state index < -0.39 is 0 Å². The normalized spacial score (nSPS) is 19.2. The van der Waals surface area contributed by atoms with Gasteiger partial charge in [0, 0.05) is 6.20 Å². The second-order valence-electron chi connectivity index (χ2n) is 6.14. The summed E-state index contributed by atoms with van der Waals surface area (Å²) < 4.78 is 5.75. The minimum Gasteiger partial charge on any atom is -0.489 e. The molecule has 0 bridgehead atoms. The van der Waals surface area contributed by atoms with Crippen LogP contribution in [0.4, 0.5) is 0 Å². The van der Waals surface area contributed by atoms with Crippen LogP contribution in [0.15, 0.2) is 18.5 Å². The van der Waals surface area contributed by atoms with Crippen molar-refractivity contribution >= 4 is 0 Å². The number of hydrazine groups is 1. The molecule has 2 rings (SSSR count). The van der Waals surface area contributed by atoms with Crippen LogP contribution in [-0.2, 0) is 0 Å². The van der Waals surface area contributed by atoms with E-state index in [1.165, 1.54) is 25.7 Å². The van der Waals surface area contributed by atoms with Crippen LogP contribution in [0.1, 0.15) is 64.5 Å². The fourth-order valence-electron chi connectivity index (χ4n) is 3.48. The molecule has 4 heteroatoms. The van der Waals surface area contributed by atoms with E-state index in [0.29, 0.717) is 0 Å². The van der Waals surface area contributed by atoms with E-state index in [4.69, 9.17) is 10.6 Å². The summed E-state index contributed by atoms with van der Waals surface area (Å²) in [6.45, 7) is 6.31. The van der Waals surface area contributed by atoms with Gasteiger partial charge in [-0.25, -0.2) is 0 Å². The number of nitrogens with one attached hydrogen (secondary N) is 1. The van der Waals surface area contributed by atoms with Gasteiger partial charge in [0.15, 0.2) is 0 Å². The van der Waals surface area contributed by atoms with Crippen LogP contribution in [-0.4, -0.2) is 11.1 Å². The summed E-state index contributed by atoms with van der Waals surface area (Å²) in [7, 11) is 0. The minimum atomic E-state index is 0.151. The van der Waals surface area contributed by atoms with E-state index in [-0.39, 0.29) is 17.6 Å². The van der Waals surface area contributed by atoms with Gasteiger partial charge in [0.25, 0.3) is 0 Å². The van der Waals surface area contributed by atoms with Crippen LogP contribution in [0.5, 0.6) is 5.75 Å². The molecule has 1 aliphatic carbocycles. The van der Waals surface area contributed by atoms with E-state index in [2.05, 4.69) is 23.4 Å². The third-order valence-corrected chi connectivity index (χ3v) is 4.52. The standard InChI is InChI=1S/C16H27N3O/c1-4-16(7-5-6-8-16)15(19-17)13-9-14(11-18-10-13)20-12(2)3/h9-12,15,19H,4-8,17H2,1-3H3. The van der Waals surface area contributed by atoms with Gasteiger partial charge in [-0.1, -0.05) is 19.8 Å². The van der Waals surface area contributed by atoms with Crippen LogP contribution < -0.4 is 16.0 Å². The predicted molar refractivity (Wildman–Crippen MR) is 81.3 cm³/mol. The summed E-state index contributed by atoms with van der Waals surface area (Å²) >= 11 is 0. The second kappa shape index (κ2) is 6.55. The maximum absolute atomic E-state index is 5.88. The number of hydrogen-bond acceptors (Lipinski definition) is 4. The van der Waals surface area contributed by atoms with Gasteiger partial charge in [-0.15, -0.1) is 0 Å². The van der Waals surface area contributed by atoms with Crippen molar-refractivity contribution in [2.24, 2.45) is 11.3 Å². The van der Waals surface area contributed by atoms with Crippen molar-refractivity contribution in [1.82, 2.24) is 10.4 Å². The molecule has 0 spiro atoms. The highest BCUT2D eigenvalue weighted by atomic mass is 16.5. The summed E-state index contributed by atoms with van der Waals surface area (Å²) in [4.78, 5) is 4.32. The van der Waals surface area contributed by atoms with Crippen molar-refractivity contribution in [3.05, 3.63) is 24.0 Å². The highest BCUT2D eigenvalue weighted by Gasteiger charge is 2.40. The molecule has 1 heterocycles. The van der Waals surface area contributed by atoms with Crippen LogP contribution in [0, 0.1) is 5.41 Å². The van der Waals surface area contributed by atoms with Crippen LogP contribution in [0.2, 0.25) is 0 Å². The van der Waals surface area contributed by atoms with Gasteiger partial charge in [0.05, 0.1) is 18.3 Å². The topological polar surface area (TPSA) is 60.2 Å². The lowest BCUT2D eigenvalue weighted by Crippen LogP contribution is -2.40. The molecule has 1 aliphatic rings. The molecule has 1 unspecified atom stereocenters. The molecule has 1 fully saturated rings. The molecule has 0 amide bonds. The summed E-state index contributed by atoms with van der Waals surface area (Å²) in [5.41, 5.74) is 4.43. The Morgan fingerprint density at radius 1 is 1.35 bits per heavy atom. The summed E-state index contributed by atoms with van der Waals surface area (Å²) in [5, 5.41) is 0. The Bertz CT molecular complexity index is 427. The molecule has 0 radical (unpaired) electrons. The Kier molecular flexibility index (Phi) is 5.00. The molecular formula is C16H27N3O. The van der Waals surface area contributed by atoms with Crippen molar-refractivity contribution < 1.29 is 4.74 Å². The lowest BCUT2D eigenvalue weighted by atomic mass is 9.74. The molecule has 4 nitrogen and oxygen atoms in total. The molecule has 0 saturated heterocycles. The number of rotatable bonds is 6. The van der Waals surface area contributed by atoms with Crippen molar-refractivity contribution in [2.75, 3.05) is 0 Å². The zero-order valence-corrected chi connectivity index (χ0v) is 12.9. The van der Waals surface area contributed by atoms with E-state index in [9.17, 15) is 0 Å². The van der Waals surface area contributed by atoms with E-state index in [1.807, 2.05) is 20.0 Å². The Morgan fingerprint density at radius 3 is 2.60 bits per heavy atom. The van der Waals surface area contributed by atoms with E-state index >= 15 is 0 Å². The van der Waals surface area contributed by atoms with Gasteiger partial charge in [-0.2, -0.15) is 0 Å². The van der Waals surface area contributed by atoms with Crippen LogP contribution >= 0.6 is 0 Å². The van der Waals surface area contributed by atoms with Gasteiger partial charge >= 0.3 is 0 Å². The smallest absolute Gasteiger partial charge is 0.138 e. The van der Waals surface area contributed by atoms with Gasteiger partial charge < -0.3 is 4.74 Å². The fourth-order valence-corrected chi connectivity index (χ4v) is 3.48. The summed E-state index contributed by atoms with van der Waals surface area (Å²) in [5.74, 6) is 6.70. The van der Waals surface area contributed by atoms with Crippen LogP contribution in [0.25, 0.3) is 0 Å². The average Bonchev–Trinajstić information content (AvgIpc) is 2.89. The lowest BCUT2D eigenvalue weighted by molar-refractivity contribution is 0.186. The Morgan fingerprint density at radius 2 is 2.05 bits per heavy atom. The number of nitrogens with two attached hydrogens (primary N) is 1. The zero-order valence-electron chi connectivity index (χ0n) is 12.9. The second-order valence-corrected chi connectivity index (χ2v) is 6.14. The molecule has 0 aliphatic heterocycles. The van der Waals surface area contributed by atoms with Crippen molar-refractivity contribution in [3.8, 4) is 5.75 Å². The first-order chi connectivity index (χ1) is 9.61. The maximum Gasteiger partial charge on any atom is 0.138 e. The Hall–Kier alpha value is -1.13. The number of pyridine rings is 1. The van der Waals surface area contributed by atoms with Gasteiger partial charge in [-0.05, 0) is 50.2 Å². The summed E-state index contributed by atoms with van der Waals surface area (Å²) in [6, 6.07) is 2.23. The third kappa shape index (κ3) is 3.13. The fraction of sp³-hybridized carbons (Fsp3) is 0.688. The van der Waals surface area contributed by atoms with E-state index in [0.717, 1.165) is 17.7 Å². The van der Waals surface area contributed by atoms with Gasteiger partial charge in [0.2, 0.25) is 0 Å². The maximum atomic E-state index is 5.88. The van der Waals surface area contributed by atoms with Crippen molar-refractivity contribution in [1.29, 1.82) is 0 Å². The number of ether oxygens (including phenoxy) is 1. The van der Waals surface area contributed by atoms with E-state index in [1.54, 1.807) is 6.20 Å². The monoisotopic (exact) mass is 277 g/mol. The first kappa shape index (κ1) is 15.3. The summed E-state index contributed by atoms with van der Waals surface area (Å²) in [6.07, 6.45) is 10.0. The molecule has 1 aromatic rings. The third-order valence-electron chi connectivity index (χ3n) is 4.52. The first-order valence-corrected chi connectivity index (χ1v) is 7.69. The lowest BCUT2D eigenvalue weighted by Gasteiger charge is -2.36. The molecule has 20 heavy (non-hydrogen) atoms. The predicted octanol–water partition coefficient (Wildman–Crippen LogP) is 3.34. The van der Waals surface area contributed by atoms with Crippen LogP contribution in [0.3, 0.4) is 0 Å². The molecule has 0 aromatic carbocycles. The molecule has 1 saturated carbocycles. The SMILES string of the molecule is CCC1(C(NN)c2cncc(OC(C)C)c2)CCCC1. The first-order valence-electron chi connectivity index (χ1n) is 7.69.